The minimum Gasteiger partial charge on any atom is -0.465 e. The number of azo groups is 1. The van der Waals surface area contributed by atoms with Gasteiger partial charge < -0.3 is 14.4 Å². The summed E-state index contributed by atoms with van der Waals surface area (Å²) in [5, 5.41) is 19.3. The Morgan fingerprint density at radius 3 is 2.41 bits per heavy atom. The number of ether oxygens (including phenoxy) is 2. The van der Waals surface area contributed by atoms with Crippen molar-refractivity contribution in [3.05, 3.63) is 70.3 Å². The predicted molar refractivity (Wildman–Crippen MR) is 119 cm³/mol. The molecule has 0 saturated carbocycles. The van der Waals surface area contributed by atoms with Crippen LogP contribution in [0.15, 0.2) is 64.8 Å². The van der Waals surface area contributed by atoms with Crippen LogP contribution in [-0.4, -0.2) is 43.7 Å². The van der Waals surface area contributed by atoms with Crippen molar-refractivity contribution in [1.29, 1.82) is 0 Å². The highest BCUT2D eigenvalue weighted by atomic mass is 16.6. The van der Waals surface area contributed by atoms with Crippen LogP contribution in [0.4, 0.5) is 22.7 Å². The Balaban J connectivity index is 2.11. The molecule has 0 radical (unpaired) electrons. The lowest BCUT2D eigenvalue weighted by atomic mass is 10.2. The topological polar surface area (TPSA) is 124 Å². The molecule has 0 aliphatic heterocycles. The van der Waals surface area contributed by atoms with Crippen LogP contribution >= 0.6 is 0 Å². The second kappa shape index (κ2) is 11.3. The summed E-state index contributed by atoms with van der Waals surface area (Å²) in [5.74, 6) is -1.10. The van der Waals surface area contributed by atoms with Crippen molar-refractivity contribution in [2.75, 3.05) is 31.7 Å². The summed E-state index contributed by atoms with van der Waals surface area (Å²) in [6.45, 7) is 8.55. The fourth-order valence-corrected chi connectivity index (χ4v) is 2.68. The number of nitro benzene ring substituents is 1. The van der Waals surface area contributed by atoms with Crippen LogP contribution in [0.1, 0.15) is 24.2 Å². The molecule has 2 rings (SSSR count). The minimum atomic E-state index is -0.679. The van der Waals surface area contributed by atoms with E-state index in [9.17, 15) is 19.7 Å². The van der Waals surface area contributed by atoms with Gasteiger partial charge in [0.05, 0.1) is 29.8 Å². The SMILES string of the molecule is C=C(C)C(=O)OCCN(CC)c1ccc(N=Nc2ccc(C(=O)OC)cc2[N+](=O)[O-])cc1. The molecule has 0 aromatic heterocycles. The zero-order valence-electron chi connectivity index (χ0n) is 18.1. The molecule has 168 valence electrons. The van der Waals surface area contributed by atoms with Crippen LogP contribution in [-0.2, 0) is 14.3 Å². The normalized spacial score (nSPS) is 10.6. The Morgan fingerprint density at radius 1 is 1.16 bits per heavy atom. The van der Waals surface area contributed by atoms with Crippen LogP contribution < -0.4 is 4.90 Å². The van der Waals surface area contributed by atoms with Gasteiger partial charge in [0.15, 0.2) is 5.69 Å². The maximum Gasteiger partial charge on any atom is 0.338 e. The van der Waals surface area contributed by atoms with E-state index >= 15 is 0 Å². The Kier molecular flexibility index (Phi) is 8.58. The largest absolute Gasteiger partial charge is 0.465 e. The monoisotopic (exact) mass is 440 g/mol. The number of rotatable bonds is 10. The average Bonchev–Trinajstić information content (AvgIpc) is 2.80. The van der Waals surface area contributed by atoms with E-state index in [1.807, 2.05) is 24.0 Å². The first-order valence-electron chi connectivity index (χ1n) is 9.73. The van der Waals surface area contributed by atoms with Gasteiger partial charge in [0.1, 0.15) is 6.61 Å². The minimum absolute atomic E-state index is 0.0150. The molecular formula is C22H24N4O6. The van der Waals surface area contributed by atoms with Crippen molar-refractivity contribution in [2.45, 2.75) is 13.8 Å². The molecule has 10 heteroatoms. The third-order valence-corrected chi connectivity index (χ3v) is 4.41. The maximum absolute atomic E-state index is 11.6. The van der Waals surface area contributed by atoms with Gasteiger partial charge in [0, 0.05) is 23.9 Å². The molecule has 0 saturated heterocycles. The Morgan fingerprint density at radius 2 is 1.84 bits per heavy atom. The summed E-state index contributed by atoms with van der Waals surface area (Å²) < 4.78 is 9.71. The summed E-state index contributed by atoms with van der Waals surface area (Å²) in [6, 6.07) is 10.9. The van der Waals surface area contributed by atoms with Crippen molar-refractivity contribution in [3.8, 4) is 0 Å². The number of esters is 2. The molecule has 10 nitrogen and oxygen atoms in total. The second-order valence-corrected chi connectivity index (χ2v) is 6.66. The Labute approximate surface area is 185 Å². The average molecular weight is 440 g/mol. The summed E-state index contributed by atoms with van der Waals surface area (Å²) >= 11 is 0. The quantitative estimate of drug-likeness (QED) is 0.172. The van der Waals surface area contributed by atoms with Crippen molar-refractivity contribution >= 4 is 34.7 Å². The van der Waals surface area contributed by atoms with E-state index in [0.29, 0.717) is 24.4 Å². The van der Waals surface area contributed by atoms with Gasteiger partial charge in [-0.1, -0.05) is 6.58 Å². The summed E-state index contributed by atoms with van der Waals surface area (Å²) in [7, 11) is 1.19. The van der Waals surface area contributed by atoms with Gasteiger partial charge in [0.25, 0.3) is 5.69 Å². The highest BCUT2D eigenvalue weighted by Crippen LogP contribution is 2.30. The summed E-state index contributed by atoms with van der Waals surface area (Å²) in [5.41, 5.74) is 1.45. The molecule has 0 amide bonds. The lowest BCUT2D eigenvalue weighted by Crippen LogP contribution is -2.28. The molecule has 0 spiro atoms. The van der Waals surface area contributed by atoms with Crippen molar-refractivity contribution < 1.29 is 24.0 Å². The van der Waals surface area contributed by atoms with Gasteiger partial charge in [-0.25, -0.2) is 9.59 Å². The van der Waals surface area contributed by atoms with Crippen LogP contribution in [0.3, 0.4) is 0 Å². The number of benzene rings is 2. The van der Waals surface area contributed by atoms with Crippen molar-refractivity contribution in [2.24, 2.45) is 10.2 Å². The maximum atomic E-state index is 11.6. The molecular weight excluding hydrogens is 416 g/mol. The zero-order valence-corrected chi connectivity index (χ0v) is 18.1. The number of carbonyl (C=O) groups excluding carboxylic acids is 2. The van der Waals surface area contributed by atoms with Crippen molar-refractivity contribution in [1.82, 2.24) is 0 Å². The smallest absolute Gasteiger partial charge is 0.338 e. The first-order valence-corrected chi connectivity index (χ1v) is 9.73. The molecule has 0 aliphatic carbocycles. The first-order chi connectivity index (χ1) is 15.3. The molecule has 32 heavy (non-hydrogen) atoms. The number of nitro groups is 1. The van der Waals surface area contributed by atoms with E-state index in [1.165, 1.54) is 19.2 Å². The van der Waals surface area contributed by atoms with E-state index in [1.54, 1.807) is 19.1 Å². The van der Waals surface area contributed by atoms with E-state index in [4.69, 9.17) is 4.74 Å². The molecule has 2 aromatic rings. The van der Waals surface area contributed by atoms with Crippen LogP contribution in [0, 0.1) is 10.1 Å². The Bertz CT molecular complexity index is 1030. The highest BCUT2D eigenvalue weighted by Gasteiger charge is 2.18. The standard InChI is InChI=1S/C22H24N4O6/c1-5-25(12-13-32-21(27)15(2)3)18-9-7-17(8-10-18)23-24-19-11-6-16(22(28)31-4)14-20(19)26(29)30/h6-11,14H,2,5,12-13H2,1,3-4H3. The summed E-state index contributed by atoms with van der Waals surface area (Å²) in [4.78, 5) is 35.8. The van der Waals surface area contributed by atoms with Crippen LogP contribution in [0.5, 0.6) is 0 Å². The van der Waals surface area contributed by atoms with E-state index < -0.39 is 16.9 Å². The number of carbonyl (C=O) groups is 2. The third kappa shape index (κ3) is 6.46. The first kappa shape index (κ1) is 24.2. The predicted octanol–water partition coefficient (Wildman–Crippen LogP) is 4.74. The van der Waals surface area contributed by atoms with Gasteiger partial charge in [-0.2, -0.15) is 5.11 Å². The zero-order chi connectivity index (χ0) is 23.7. The van der Waals surface area contributed by atoms with E-state index in [2.05, 4.69) is 21.5 Å². The molecule has 0 N–H and O–H groups in total. The molecule has 0 aliphatic rings. The lowest BCUT2D eigenvalue weighted by Gasteiger charge is -2.22. The fourth-order valence-electron chi connectivity index (χ4n) is 2.68. The van der Waals surface area contributed by atoms with E-state index in [-0.39, 0.29) is 23.5 Å². The molecule has 0 heterocycles. The molecule has 2 aromatic carbocycles. The van der Waals surface area contributed by atoms with Gasteiger partial charge in [-0.05, 0) is 50.2 Å². The van der Waals surface area contributed by atoms with Gasteiger partial charge in [-0.15, -0.1) is 5.11 Å². The van der Waals surface area contributed by atoms with Gasteiger partial charge in [-0.3, -0.25) is 10.1 Å². The van der Waals surface area contributed by atoms with E-state index in [0.717, 1.165) is 11.8 Å². The lowest BCUT2D eigenvalue weighted by molar-refractivity contribution is -0.384. The number of likely N-dealkylation sites (N-methyl/N-ethyl adjacent to an activating group) is 1. The molecule has 0 fully saturated rings. The molecule has 0 unspecified atom stereocenters. The molecule has 0 bridgehead atoms. The summed E-state index contributed by atoms with van der Waals surface area (Å²) in [6.07, 6.45) is 0. The second-order valence-electron chi connectivity index (χ2n) is 6.66. The number of methoxy groups -OCH3 is 1. The third-order valence-electron chi connectivity index (χ3n) is 4.41. The number of anilines is 1. The Hall–Kier alpha value is -4.08. The van der Waals surface area contributed by atoms with Crippen LogP contribution in [0.2, 0.25) is 0 Å². The number of hydrogen-bond acceptors (Lipinski definition) is 9. The fraction of sp³-hybridized carbons (Fsp3) is 0.273. The van der Waals surface area contributed by atoms with Gasteiger partial charge >= 0.3 is 11.9 Å². The highest BCUT2D eigenvalue weighted by molar-refractivity contribution is 5.91. The number of nitrogens with zero attached hydrogens (tertiary/aromatic N) is 4. The van der Waals surface area contributed by atoms with Gasteiger partial charge in [0.2, 0.25) is 0 Å². The van der Waals surface area contributed by atoms with Crippen LogP contribution in [0.25, 0.3) is 0 Å². The number of hydrogen-bond donors (Lipinski definition) is 0. The van der Waals surface area contributed by atoms with Crippen molar-refractivity contribution in [3.63, 3.8) is 0 Å². The molecule has 0 atom stereocenters.